The Kier molecular flexibility index (Phi) is 4.79. The highest BCUT2D eigenvalue weighted by Gasteiger charge is 2.29. The molecule has 2 heteroatoms. The lowest BCUT2D eigenvalue weighted by Crippen LogP contribution is -2.41. The Labute approximate surface area is 111 Å². The second-order valence-corrected chi connectivity index (χ2v) is 5.65. The van der Waals surface area contributed by atoms with Crippen LogP contribution in [0.5, 0.6) is 0 Å². The van der Waals surface area contributed by atoms with Gasteiger partial charge in [-0.15, -0.1) is 0 Å². The highest BCUT2D eigenvalue weighted by molar-refractivity contribution is 5.20. The Morgan fingerprint density at radius 2 is 1.94 bits per heavy atom. The number of nitrogens with two attached hydrogens (primary N) is 1. The average Bonchev–Trinajstić information content (AvgIpc) is 3.14. The molecule has 0 radical (unpaired) electrons. The standard InChI is InChI=1S/C16H26N2/c1-3-11-18(12-14-9-10-14)16(13(2)17)15-7-5-4-6-8-15/h4-8,13-14,16H,3,9-12,17H2,1-2H3. The maximum atomic E-state index is 6.25. The van der Waals surface area contributed by atoms with Crippen LogP contribution in [0.4, 0.5) is 0 Å². The van der Waals surface area contributed by atoms with Crippen LogP contribution in [0.25, 0.3) is 0 Å². The van der Waals surface area contributed by atoms with Crippen LogP contribution in [0.2, 0.25) is 0 Å². The lowest BCUT2D eigenvalue weighted by molar-refractivity contribution is 0.169. The molecule has 2 nitrogen and oxygen atoms in total. The van der Waals surface area contributed by atoms with E-state index in [9.17, 15) is 0 Å². The van der Waals surface area contributed by atoms with E-state index < -0.39 is 0 Å². The van der Waals surface area contributed by atoms with E-state index in [1.54, 1.807) is 0 Å². The minimum absolute atomic E-state index is 0.178. The lowest BCUT2D eigenvalue weighted by atomic mass is 9.98. The maximum absolute atomic E-state index is 6.25. The van der Waals surface area contributed by atoms with Crippen molar-refractivity contribution >= 4 is 0 Å². The van der Waals surface area contributed by atoms with E-state index >= 15 is 0 Å². The van der Waals surface area contributed by atoms with Crippen molar-refractivity contribution in [1.82, 2.24) is 4.90 Å². The highest BCUT2D eigenvalue weighted by Crippen LogP contribution is 2.33. The molecule has 0 aliphatic heterocycles. The molecule has 0 saturated heterocycles. The summed E-state index contributed by atoms with van der Waals surface area (Å²) in [4.78, 5) is 2.59. The monoisotopic (exact) mass is 246 g/mol. The average molecular weight is 246 g/mol. The number of hydrogen-bond acceptors (Lipinski definition) is 2. The third kappa shape index (κ3) is 3.56. The van der Waals surface area contributed by atoms with Gasteiger partial charge in [0, 0.05) is 18.6 Å². The van der Waals surface area contributed by atoms with Crippen molar-refractivity contribution < 1.29 is 0 Å². The van der Waals surface area contributed by atoms with Gasteiger partial charge in [0.15, 0.2) is 0 Å². The topological polar surface area (TPSA) is 29.3 Å². The molecule has 1 aliphatic carbocycles. The van der Waals surface area contributed by atoms with Gasteiger partial charge in [-0.05, 0) is 44.2 Å². The largest absolute Gasteiger partial charge is 0.326 e. The summed E-state index contributed by atoms with van der Waals surface area (Å²) >= 11 is 0. The smallest absolute Gasteiger partial charge is 0.0496 e. The predicted molar refractivity (Wildman–Crippen MR) is 77.4 cm³/mol. The molecule has 2 N–H and O–H groups in total. The molecule has 1 aliphatic rings. The molecular weight excluding hydrogens is 220 g/mol. The SMILES string of the molecule is CCCN(CC1CC1)C(c1ccccc1)C(C)N. The van der Waals surface area contributed by atoms with Crippen LogP contribution in [-0.2, 0) is 0 Å². The Bertz CT molecular complexity index is 343. The lowest BCUT2D eigenvalue weighted by Gasteiger charge is -2.34. The Balaban J connectivity index is 2.14. The molecule has 2 unspecified atom stereocenters. The summed E-state index contributed by atoms with van der Waals surface area (Å²) in [5, 5.41) is 0. The van der Waals surface area contributed by atoms with Crippen molar-refractivity contribution in [2.75, 3.05) is 13.1 Å². The van der Waals surface area contributed by atoms with Gasteiger partial charge >= 0.3 is 0 Å². The zero-order chi connectivity index (χ0) is 13.0. The Hall–Kier alpha value is -0.860. The van der Waals surface area contributed by atoms with Gasteiger partial charge in [-0.1, -0.05) is 37.3 Å². The molecule has 0 amide bonds. The van der Waals surface area contributed by atoms with Crippen LogP contribution in [0.15, 0.2) is 30.3 Å². The van der Waals surface area contributed by atoms with E-state index in [1.165, 1.54) is 31.4 Å². The van der Waals surface area contributed by atoms with E-state index in [4.69, 9.17) is 5.73 Å². The summed E-state index contributed by atoms with van der Waals surface area (Å²) in [5.41, 5.74) is 7.62. The third-order valence-electron chi connectivity index (χ3n) is 3.73. The predicted octanol–water partition coefficient (Wildman–Crippen LogP) is 3.20. The molecule has 18 heavy (non-hydrogen) atoms. The fourth-order valence-electron chi connectivity index (χ4n) is 2.76. The Morgan fingerprint density at radius 3 is 2.44 bits per heavy atom. The molecule has 0 bridgehead atoms. The second-order valence-electron chi connectivity index (χ2n) is 5.65. The van der Waals surface area contributed by atoms with Crippen molar-refractivity contribution in [3.05, 3.63) is 35.9 Å². The van der Waals surface area contributed by atoms with Crippen LogP contribution >= 0.6 is 0 Å². The molecule has 1 saturated carbocycles. The minimum Gasteiger partial charge on any atom is -0.326 e. The summed E-state index contributed by atoms with van der Waals surface area (Å²) < 4.78 is 0. The highest BCUT2D eigenvalue weighted by atomic mass is 15.2. The molecule has 1 aromatic carbocycles. The van der Waals surface area contributed by atoms with Crippen LogP contribution in [0.1, 0.15) is 44.7 Å². The number of benzene rings is 1. The van der Waals surface area contributed by atoms with Gasteiger partial charge < -0.3 is 5.73 Å². The summed E-state index contributed by atoms with van der Waals surface area (Å²) in [6, 6.07) is 11.3. The maximum Gasteiger partial charge on any atom is 0.0496 e. The zero-order valence-corrected chi connectivity index (χ0v) is 11.7. The summed E-state index contributed by atoms with van der Waals surface area (Å²) in [6.07, 6.45) is 4.00. The van der Waals surface area contributed by atoms with Gasteiger partial charge in [0.25, 0.3) is 0 Å². The number of hydrogen-bond donors (Lipinski definition) is 1. The van der Waals surface area contributed by atoms with Gasteiger partial charge in [0.1, 0.15) is 0 Å². The van der Waals surface area contributed by atoms with E-state index in [-0.39, 0.29) is 6.04 Å². The number of nitrogens with zero attached hydrogens (tertiary/aromatic N) is 1. The zero-order valence-electron chi connectivity index (χ0n) is 11.7. The quantitative estimate of drug-likeness (QED) is 0.800. The molecule has 2 atom stereocenters. The van der Waals surface area contributed by atoms with Crippen LogP contribution in [0.3, 0.4) is 0 Å². The molecule has 100 valence electrons. The molecule has 0 spiro atoms. The molecule has 2 rings (SSSR count). The normalized spacial score (nSPS) is 18.9. The third-order valence-corrected chi connectivity index (χ3v) is 3.73. The second kappa shape index (κ2) is 6.35. The van der Waals surface area contributed by atoms with Crippen molar-refractivity contribution in [3.8, 4) is 0 Å². The van der Waals surface area contributed by atoms with Gasteiger partial charge in [-0.2, -0.15) is 0 Å². The molecule has 1 fully saturated rings. The van der Waals surface area contributed by atoms with Crippen molar-refractivity contribution in [1.29, 1.82) is 0 Å². The summed E-state index contributed by atoms with van der Waals surface area (Å²) in [7, 11) is 0. The van der Waals surface area contributed by atoms with E-state index in [0.717, 1.165) is 12.5 Å². The van der Waals surface area contributed by atoms with Crippen LogP contribution in [0, 0.1) is 5.92 Å². The first-order valence-corrected chi connectivity index (χ1v) is 7.27. The first-order chi connectivity index (χ1) is 8.72. The summed E-state index contributed by atoms with van der Waals surface area (Å²) in [5.74, 6) is 0.918. The fraction of sp³-hybridized carbons (Fsp3) is 0.625. The van der Waals surface area contributed by atoms with Crippen molar-refractivity contribution in [3.63, 3.8) is 0 Å². The molecule has 0 heterocycles. The van der Waals surface area contributed by atoms with Crippen molar-refractivity contribution in [2.24, 2.45) is 11.7 Å². The molecular formula is C16H26N2. The van der Waals surface area contributed by atoms with E-state index in [1.807, 2.05) is 0 Å². The van der Waals surface area contributed by atoms with Crippen molar-refractivity contribution in [2.45, 2.75) is 45.2 Å². The minimum atomic E-state index is 0.178. The molecule has 1 aromatic rings. The van der Waals surface area contributed by atoms with E-state index in [0.29, 0.717) is 6.04 Å². The van der Waals surface area contributed by atoms with Crippen LogP contribution in [-0.4, -0.2) is 24.0 Å². The first-order valence-electron chi connectivity index (χ1n) is 7.27. The van der Waals surface area contributed by atoms with Gasteiger partial charge in [0.2, 0.25) is 0 Å². The van der Waals surface area contributed by atoms with Crippen LogP contribution < -0.4 is 5.73 Å². The van der Waals surface area contributed by atoms with Gasteiger partial charge in [-0.25, -0.2) is 0 Å². The van der Waals surface area contributed by atoms with Gasteiger partial charge in [0.05, 0.1) is 0 Å². The summed E-state index contributed by atoms with van der Waals surface area (Å²) in [6.45, 7) is 6.75. The van der Waals surface area contributed by atoms with Gasteiger partial charge in [-0.3, -0.25) is 4.90 Å². The first kappa shape index (κ1) is 13.6. The molecule has 0 aromatic heterocycles. The fourth-order valence-corrected chi connectivity index (χ4v) is 2.76. The van der Waals surface area contributed by atoms with E-state index in [2.05, 4.69) is 49.1 Å². The number of rotatable bonds is 7. The Morgan fingerprint density at radius 1 is 1.28 bits per heavy atom.